The molecule has 1 unspecified atom stereocenters. The molecule has 3 aromatic rings. The number of fused-ring (bicyclic) bond motifs is 1. The van der Waals surface area contributed by atoms with E-state index in [1.54, 1.807) is 0 Å². The van der Waals surface area contributed by atoms with E-state index in [0.717, 1.165) is 0 Å². The molecule has 1 aromatic carbocycles. The van der Waals surface area contributed by atoms with Gasteiger partial charge in [-0.1, -0.05) is 17.7 Å². The number of aliphatic hydroxyl groups excluding tert-OH is 1. The molecule has 15 heteroatoms. The molecule has 2 aromatic heterocycles. The molecule has 5 N–H and O–H groups in total. The summed E-state index contributed by atoms with van der Waals surface area (Å²) in [4.78, 5) is 18.6. The number of phosphoric acid groups is 1. The minimum Gasteiger partial charge on any atom is -0.387 e. The number of halogens is 2. The van der Waals surface area contributed by atoms with Gasteiger partial charge < -0.3 is 25.3 Å². The SMILES string of the molecule is C[C@@]1(O)[C@H](O)[C@@H](COP2(=O)OCC[C@@H](c3ccc(F)c(Cl)c3)O2)O[C@H]1n1ccc2c(=O)[nH]c(N)nc21. The fourth-order valence-corrected chi connectivity index (χ4v) is 5.89. The van der Waals surface area contributed by atoms with Crippen LogP contribution in [0, 0.1) is 5.82 Å². The summed E-state index contributed by atoms with van der Waals surface area (Å²) in [5.74, 6) is -0.731. The number of aromatic amines is 1. The number of nitrogens with one attached hydrogen (secondary N) is 1. The highest BCUT2D eigenvalue weighted by molar-refractivity contribution is 7.48. The van der Waals surface area contributed by atoms with E-state index in [1.165, 1.54) is 42.0 Å². The molecular weight excluding hydrogens is 522 g/mol. The van der Waals surface area contributed by atoms with Crippen molar-refractivity contribution in [2.24, 2.45) is 0 Å². The van der Waals surface area contributed by atoms with Crippen LogP contribution < -0.4 is 11.3 Å². The molecule has 2 fully saturated rings. The lowest BCUT2D eigenvalue weighted by atomic mass is 9.96. The summed E-state index contributed by atoms with van der Waals surface area (Å²) >= 11 is 5.84. The highest BCUT2D eigenvalue weighted by Crippen LogP contribution is 2.57. The number of phosphoric ester groups is 1. The maximum Gasteiger partial charge on any atom is 0.475 e. The van der Waals surface area contributed by atoms with Crippen LogP contribution in [0.1, 0.15) is 31.2 Å². The molecule has 0 aliphatic carbocycles. The number of benzene rings is 1. The number of H-pyrrole nitrogens is 1. The molecular formula is C21H23ClFN4O8P. The predicted molar refractivity (Wildman–Crippen MR) is 125 cm³/mol. The zero-order chi connectivity index (χ0) is 25.8. The van der Waals surface area contributed by atoms with Crippen molar-refractivity contribution < 1.29 is 37.5 Å². The van der Waals surface area contributed by atoms with Crippen LogP contribution in [0.4, 0.5) is 10.3 Å². The van der Waals surface area contributed by atoms with Gasteiger partial charge in [-0.3, -0.25) is 23.3 Å². The Labute approximate surface area is 208 Å². The third-order valence-corrected chi connectivity index (χ3v) is 7.97. The van der Waals surface area contributed by atoms with Crippen molar-refractivity contribution in [3.8, 4) is 0 Å². The lowest BCUT2D eigenvalue weighted by Gasteiger charge is -2.30. The van der Waals surface area contributed by atoms with Crippen LogP contribution in [-0.4, -0.2) is 55.8 Å². The molecule has 5 rings (SSSR count). The van der Waals surface area contributed by atoms with Crippen molar-refractivity contribution in [2.75, 3.05) is 18.9 Å². The zero-order valence-electron chi connectivity index (χ0n) is 18.8. The topological polar surface area (TPSA) is 171 Å². The van der Waals surface area contributed by atoms with Crippen molar-refractivity contribution in [3.63, 3.8) is 0 Å². The fourth-order valence-electron chi connectivity index (χ4n) is 4.31. The summed E-state index contributed by atoms with van der Waals surface area (Å²) in [7, 11) is -4.11. The van der Waals surface area contributed by atoms with E-state index in [4.69, 9.17) is 35.6 Å². The number of nitrogens with zero attached hydrogens (tertiary/aromatic N) is 2. The maximum absolute atomic E-state index is 13.5. The van der Waals surface area contributed by atoms with Crippen LogP contribution in [-0.2, 0) is 22.9 Å². The van der Waals surface area contributed by atoms with Crippen LogP contribution in [0.5, 0.6) is 0 Å². The summed E-state index contributed by atoms with van der Waals surface area (Å²) in [6.45, 7) is 0.911. The molecule has 4 heterocycles. The Bertz CT molecular complexity index is 1410. The summed E-state index contributed by atoms with van der Waals surface area (Å²) in [6, 6.07) is 5.48. The molecule has 6 atom stereocenters. The number of ether oxygens (including phenoxy) is 1. The minimum atomic E-state index is -4.11. The van der Waals surface area contributed by atoms with Crippen molar-refractivity contribution in [1.29, 1.82) is 0 Å². The number of anilines is 1. The second-order valence-corrected chi connectivity index (χ2v) is 10.8. The van der Waals surface area contributed by atoms with Gasteiger partial charge >= 0.3 is 7.82 Å². The Kier molecular flexibility index (Phi) is 6.46. The lowest BCUT2D eigenvalue weighted by molar-refractivity contribution is -0.0950. The van der Waals surface area contributed by atoms with E-state index in [9.17, 15) is 24.0 Å². The number of aliphatic hydroxyl groups is 2. The molecule has 194 valence electrons. The van der Waals surface area contributed by atoms with Crippen molar-refractivity contribution in [2.45, 2.75) is 43.5 Å². The molecule has 12 nitrogen and oxygen atoms in total. The van der Waals surface area contributed by atoms with E-state index in [-0.39, 0.29) is 28.6 Å². The number of nitrogens with two attached hydrogens (primary N) is 1. The Balaban J connectivity index is 1.32. The maximum atomic E-state index is 13.5. The normalized spacial score (nSPS) is 32.8. The Morgan fingerprint density at radius 3 is 2.97 bits per heavy atom. The van der Waals surface area contributed by atoms with Crippen LogP contribution >= 0.6 is 19.4 Å². The second-order valence-electron chi connectivity index (χ2n) is 8.74. The van der Waals surface area contributed by atoms with E-state index in [1.807, 2.05) is 0 Å². The average molecular weight is 545 g/mol. The van der Waals surface area contributed by atoms with Crippen LogP contribution in [0.3, 0.4) is 0 Å². The van der Waals surface area contributed by atoms with Gasteiger partial charge in [0, 0.05) is 12.6 Å². The van der Waals surface area contributed by atoms with Gasteiger partial charge in [-0.05, 0) is 30.7 Å². The summed E-state index contributed by atoms with van der Waals surface area (Å²) in [5.41, 5.74) is 3.96. The summed E-state index contributed by atoms with van der Waals surface area (Å²) in [5, 5.41) is 21.9. The van der Waals surface area contributed by atoms with Crippen molar-refractivity contribution in [3.05, 3.63) is 57.2 Å². The first-order valence-corrected chi connectivity index (χ1v) is 12.8. The number of nitrogen functional groups attached to an aromatic ring is 1. The van der Waals surface area contributed by atoms with E-state index in [0.29, 0.717) is 12.0 Å². The van der Waals surface area contributed by atoms with Gasteiger partial charge in [0.2, 0.25) is 5.95 Å². The van der Waals surface area contributed by atoms with Gasteiger partial charge in [0.15, 0.2) is 11.9 Å². The third-order valence-electron chi connectivity index (χ3n) is 6.21. The molecule has 0 spiro atoms. The summed E-state index contributed by atoms with van der Waals surface area (Å²) < 4.78 is 50.0. The Morgan fingerprint density at radius 1 is 1.44 bits per heavy atom. The monoisotopic (exact) mass is 544 g/mol. The predicted octanol–water partition coefficient (Wildman–Crippen LogP) is 2.41. The molecule has 2 aliphatic rings. The zero-order valence-corrected chi connectivity index (χ0v) is 20.5. The average Bonchev–Trinajstić information content (AvgIpc) is 3.33. The first-order valence-electron chi connectivity index (χ1n) is 10.9. The molecule has 0 saturated carbocycles. The molecule has 0 radical (unpaired) electrons. The Hall–Kier alpha value is -2.35. The van der Waals surface area contributed by atoms with Crippen LogP contribution in [0.25, 0.3) is 11.0 Å². The highest BCUT2D eigenvalue weighted by Gasteiger charge is 2.54. The van der Waals surface area contributed by atoms with Gasteiger partial charge in [0.25, 0.3) is 5.56 Å². The van der Waals surface area contributed by atoms with Gasteiger partial charge in [-0.15, -0.1) is 0 Å². The van der Waals surface area contributed by atoms with Crippen LogP contribution in [0.15, 0.2) is 35.3 Å². The van der Waals surface area contributed by atoms with Crippen LogP contribution in [0.2, 0.25) is 5.02 Å². The summed E-state index contributed by atoms with van der Waals surface area (Å²) in [6.07, 6.45) is -2.76. The van der Waals surface area contributed by atoms with E-state index < -0.39 is 55.9 Å². The molecule has 2 aliphatic heterocycles. The number of hydrogen-bond donors (Lipinski definition) is 4. The van der Waals surface area contributed by atoms with Gasteiger partial charge in [-0.2, -0.15) is 4.98 Å². The molecule has 0 bridgehead atoms. The van der Waals surface area contributed by atoms with Gasteiger partial charge in [0.05, 0.1) is 29.7 Å². The number of aromatic nitrogens is 3. The van der Waals surface area contributed by atoms with E-state index in [2.05, 4.69) is 9.97 Å². The lowest BCUT2D eigenvalue weighted by Crippen LogP contribution is -2.44. The first kappa shape index (κ1) is 25.3. The Morgan fingerprint density at radius 2 is 2.22 bits per heavy atom. The van der Waals surface area contributed by atoms with Gasteiger partial charge in [0.1, 0.15) is 23.6 Å². The largest absolute Gasteiger partial charge is 0.475 e. The quantitative estimate of drug-likeness (QED) is 0.349. The minimum absolute atomic E-state index is 0.0301. The highest BCUT2D eigenvalue weighted by atomic mass is 35.5. The van der Waals surface area contributed by atoms with Gasteiger partial charge in [-0.25, -0.2) is 8.96 Å². The second kappa shape index (κ2) is 9.19. The smallest absolute Gasteiger partial charge is 0.387 e. The van der Waals surface area contributed by atoms with Crippen molar-refractivity contribution >= 4 is 36.4 Å². The first-order chi connectivity index (χ1) is 17.0. The standard InChI is InChI=1S/C21H23ClFN4O8P/c1-21(30)16(28)15(34-19(21)27-6-4-11-17(27)25-20(24)26-18(11)29)9-33-36(31)32-7-5-14(35-36)10-2-3-13(23)12(22)8-10/h2-4,6,8,14-16,19,28,30H,5,7,9H2,1H3,(H3,24,25,26,29)/t14-,15+,16+,19+,21+,36?/m0/s1. The van der Waals surface area contributed by atoms with E-state index >= 15 is 0 Å². The number of hydrogen-bond acceptors (Lipinski definition) is 10. The fraction of sp³-hybridized carbons (Fsp3) is 0.429. The molecule has 0 amide bonds. The van der Waals surface area contributed by atoms with Crippen molar-refractivity contribution in [1.82, 2.24) is 14.5 Å². The number of rotatable bonds is 5. The third kappa shape index (κ3) is 4.46. The molecule has 36 heavy (non-hydrogen) atoms. The molecule has 2 saturated heterocycles.